The molecular weight excluding hydrogens is 459 g/mol. The third-order valence-corrected chi connectivity index (χ3v) is 6.68. The molecule has 0 radical (unpaired) electrons. The first-order chi connectivity index (χ1) is 16.0. The molecule has 33 heavy (non-hydrogen) atoms. The van der Waals surface area contributed by atoms with Gasteiger partial charge in [0.05, 0.1) is 17.5 Å². The molecule has 3 aromatic rings. The van der Waals surface area contributed by atoms with E-state index >= 15 is 0 Å². The molecule has 0 aliphatic carbocycles. The Hall–Kier alpha value is -3.61. The van der Waals surface area contributed by atoms with Gasteiger partial charge in [-0.05, 0) is 42.8 Å². The van der Waals surface area contributed by atoms with Crippen LogP contribution in [0.4, 0.5) is 10.1 Å². The van der Waals surface area contributed by atoms with E-state index in [0.29, 0.717) is 10.7 Å². The van der Waals surface area contributed by atoms with E-state index in [9.17, 15) is 19.2 Å². The van der Waals surface area contributed by atoms with Crippen molar-refractivity contribution in [3.05, 3.63) is 87.8 Å². The summed E-state index contributed by atoms with van der Waals surface area (Å²) in [4.78, 5) is 36.0. The van der Waals surface area contributed by atoms with Gasteiger partial charge in [-0.25, -0.2) is 14.4 Å². The Labute approximate surface area is 198 Å². The highest BCUT2D eigenvalue weighted by Crippen LogP contribution is 2.31. The summed E-state index contributed by atoms with van der Waals surface area (Å²) in [6.07, 6.45) is 1.66. The van der Waals surface area contributed by atoms with Crippen LogP contribution in [0.15, 0.2) is 70.7 Å². The molecule has 1 aliphatic rings. The molecule has 0 fully saturated rings. The van der Waals surface area contributed by atoms with Crippen molar-refractivity contribution in [3.63, 3.8) is 0 Å². The summed E-state index contributed by atoms with van der Waals surface area (Å²) in [5.74, 6) is -2.19. The maximum absolute atomic E-state index is 13.4. The third kappa shape index (κ3) is 5.08. The third-order valence-electron chi connectivity index (χ3n) is 4.70. The second kappa shape index (κ2) is 9.90. The van der Waals surface area contributed by atoms with Gasteiger partial charge in [0.15, 0.2) is 16.9 Å². The number of carbonyl (C=O) groups is 2. The quantitative estimate of drug-likeness (QED) is 0.470. The van der Waals surface area contributed by atoms with Crippen LogP contribution in [0, 0.1) is 24.1 Å². The number of aryl methyl sites for hydroxylation is 1. The van der Waals surface area contributed by atoms with Crippen molar-refractivity contribution in [1.82, 2.24) is 4.98 Å². The zero-order chi connectivity index (χ0) is 23.4. The average Bonchev–Trinajstić information content (AvgIpc) is 3.37. The molecule has 1 aromatic heterocycles. The summed E-state index contributed by atoms with van der Waals surface area (Å²) in [5.41, 5.74) is 2.19. The Balaban J connectivity index is 1.60. The first kappa shape index (κ1) is 22.6. The minimum absolute atomic E-state index is 0.0702. The van der Waals surface area contributed by atoms with Crippen molar-refractivity contribution in [3.8, 4) is 6.07 Å². The van der Waals surface area contributed by atoms with E-state index in [1.165, 1.54) is 40.5 Å². The van der Waals surface area contributed by atoms with Crippen molar-refractivity contribution >= 4 is 51.7 Å². The highest BCUT2D eigenvalue weighted by molar-refractivity contribution is 8.14. The van der Waals surface area contributed by atoms with Crippen LogP contribution in [-0.2, 0) is 9.59 Å². The van der Waals surface area contributed by atoms with Crippen LogP contribution in [0.3, 0.4) is 0 Å². The lowest BCUT2D eigenvalue weighted by molar-refractivity contribution is -0.117. The Morgan fingerprint density at radius 3 is 2.61 bits per heavy atom. The van der Waals surface area contributed by atoms with Crippen LogP contribution in [-0.4, -0.2) is 27.6 Å². The van der Waals surface area contributed by atoms with E-state index in [2.05, 4.69) is 9.98 Å². The SMILES string of the molecule is Cc1csc(C(C#N)C(=O)CSC2=N/C(=C/c3ccccc3)C(=O)N2c2ccc(F)cc2)n1. The second-order valence-corrected chi connectivity index (χ2v) is 8.93. The molecule has 2 aromatic carbocycles. The second-order valence-electron chi connectivity index (χ2n) is 7.10. The van der Waals surface area contributed by atoms with Gasteiger partial charge in [0.1, 0.15) is 16.5 Å². The fourth-order valence-corrected chi connectivity index (χ4v) is 4.89. The Bertz CT molecular complexity index is 1290. The van der Waals surface area contributed by atoms with Gasteiger partial charge in [-0.1, -0.05) is 42.1 Å². The molecule has 2 heterocycles. The predicted octanol–water partition coefficient (Wildman–Crippen LogP) is 4.94. The molecule has 0 bridgehead atoms. The number of Topliss-reactive ketones (excluding diaryl/α,β-unsaturated/α-hetero) is 1. The minimum Gasteiger partial charge on any atom is -0.297 e. The van der Waals surface area contributed by atoms with Gasteiger partial charge in [-0.2, -0.15) is 5.26 Å². The number of hydrogen-bond acceptors (Lipinski definition) is 7. The molecule has 0 N–H and O–H groups in total. The zero-order valence-corrected chi connectivity index (χ0v) is 19.1. The maximum Gasteiger partial charge on any atom is 0.283 e. The number of hydrogen-bond donors (Lipinski definition) is 0. The Kier molecular flexibility index (Phi) is 6.77. The molecule has 1 aliphatic heterocycles. The van der Waals surface area contributed by atoms with Crippen LogP contribution >= 0.6 is 23.1 Å². The smallest absolute Gasteiger partial charge is 0.283 e. The molecular formula is C24H17FN4O2S2. The van der Waals surface area contributed by atoms with E-state index in [1.54, 1.807) is 18.4 Å². The highest BCUT2D eigenvalue weighted by atomic mass is 32.2. The lowest BCUT2D eigenvalue weighted by Gasteiger charge is -2.17. The summed E-state index contributed by atoms with van der Waals surface area (Å²) in [5, 5.41) is 12.0. The van der Waals surface area contributed by atoms with Crippen molar-refractivity contribution in [2.24, 2.45) is 4.99 Å². The number of ketones is 1. The number of amides is 1. The standard InChI is InChI=1S/C24H17FN4O2S2/c1-15-13-32-22(27-15)19(12-26)21(30)14-33-24-28-20(11-16-5-3-2-4-6-16)23(31)29(24)18-9-7-17(25)8-10-18/h2-11,13,19H,14H2,1H3/b20-11+. The number of amidine groups is 1. The fraction of sp³-hybridized carbons (Fsp3) is 0.125. The molecule has 1 atom stereocenters. The molecule has 9 heteroatoms. The van der Waals surface area contributed by atoms with Crippen LogP contribution in [0.25, 0.3) is 6.08 Å². The van der Waals surface area contributed by atoms with E-state index in [1.807, 2.05) is 36.4 Å². The number of nitrogens with zero attached hydrogens (tertiary/aromatic N) is 4. The Morgan fingerprint density at radius 1 is 1.24 bits per heavy atom. The van der Waals surface area contributed by atoms with Gasteiger partial charge in [0, 0.05) is 11.1 Å². The van der Waals surface area contributed by atoms with Crippen molar-refractivity contribution < 1.29 is 14.0 Å². The van der Waals surface area contributed by atoms with Crippen LogP contribution in [0.5, 0.6) is 0 Å². The van der Waals surface area contributed by atoms with Gasteiger partial charge in [-0.3, -0.25) is 14.5 Å². The van der Waals surface area contributed by atoms with E-state index in [-0.39, 0.29) is 28.3 Å². The van der Waals surface area contributed by atoms with Crippen molar-refractivity contribution in [2.45, 2.75) is 12.8 Å². The lowest BCUT2D eigenvalue weighted by Crippen LogP contribution is -2.31. The molecule has 4 rings (SSSR count). The first-order valence-corrected chi connectivity index (χ1v) is 11.8. The highest BCUT2D eigenvalue weighted by Gasteiger charge is 2.33. The molecule has 0 saturated carbocycles. The summed E-state index contributed by atoms with van der Waals surface area (Å²) in [7, 11) is 0. The van der Waals surface area contributed by atoms with Crippen molar-refractivity contribution in [2.75, 3.05) is 10.7 Å². The topological polar surface area (TPSA) is 86.4 Å². The molecule has 164 valence electrons. The van der Waals surface area contributed by atoms with E-state index in [4.69, 9.17) is 0 Å². The first-order valence-electron chi connectivity index (χ1n) is 9.89. The Morgan fingerprint density at radius 2 is 1.97 bits per heavy atom. The molecule has 1 unspecified atom stereocenters. The van der Waals surface area contributed by atoms with Crippen LogP contribution < -0.4 is 4.90 Å². The van der Waals surface area contributed by atoms with E-state index < -0.39 is 11.7 Å². The monoisotopic (exact) mass is 476 g/mol. The number of thiazole rings is 1. The van der Waals surface area contributed by atoms with Gasteiger partial charge in [0.2, 0.25) is 0 Å². The fourth-order valence-electron chi connectivity index (χ4n) is 3.11. The number of anilines is 1. The molecule has 6 nitrogen and oxygen atoms in total. The van der Waals surface area contributed by atoms with Gasteiger partial charge >= 0.3 is 0 Å². The summed E-state index contributed by atoms with van der Waals surface area (Å²) in [6.45, 7) is 1.80. The molecule has 1 amide bonds. The van der Waals surface area contributed by atoms with E-state index in [0.717, 1.165) is 23.0 Å². The normalized spacial score (nSPS) is 15.4. The number of halogens is 1. The predicted molar refractivity (Wildman–Crippen MR) is 128 cm³/mol. The largest absolute Gasteiger partial charge is 0.297 e. The summed E-state index contributed by atoms with van der Waals surface area (Å²) in [6, 6.07) is 16.8. The summed E-state index contributed by atoms with van der Waals surface area (Å²) >= 11 is 2.33. The average molecular weight is 477 g/mol. The number of rotatable bonds is 6. The van der Waals surface area contributed by atoms with Gasteiger partial charge in [-0.15, -0.1) is 11.3 Å². The van der Waals surface area contributed by atoms with Crippen LogP contribution in [0.2, 0.25) is 0 Å². The van der Waals surface area contributed by atoms with Crippen LogP contribution in [0.1, 0.15) is 22.2 Å². The van der Waals surface area contributed by atoms with Gasteiger partial charge < -0.3 is 0 Å². The zero-order valence-electron chi connectivity index (χ0n) is 17.4. The lowest BCUT2D eigenvalue weighted by atomic mass is 10.1. The number of aromatic nitrogens is 1. The minimum atomic E-state index is -0.979. The number of thioether (sulfide) groups is 1. The number of aliphatic imine (C=N–C) groups is 1. The van der Waals surface area contributed by atoms with Crippen molar-refractivity contribution in [1.29, 1.82) is 5.26 Å². The molecule has 0 spiro atoms. The number of carbonyl (C=O) groups excluding carboxylic acids is 2. The number of nitriles is 1. The maximum atomic E-state index is 13.4. The number of benzene rings is 2. The van der Waals surface area contributed by atoms with Gasteiger partial charge in [0.25, 0.3) is 5.91 Å². The summed E-state index contributed by atoms with van der Waals surface area (Å²) < 4.78 is 13.4. The molecule has 0 saturated heterocycles.